The summed E-state index contributed by atoms with van der Waals surface area (Å²) in [6.07, 6.45) is 11.3. The van der Waals surface area contributed by atoms with Crippen molar-refractivity contribution in [3.05, 3.63) is 0 Å². The number of hydrogen-bond donors (Lipinski definition) is 1. The Hall–Kier alpha value is -0.0800. The number of likely N-dealkylation sites (tertiary alicyclic amines) is 1. The van der Waals surface area contributed by atoms with Gasteiger partial charge in [0.2, 0.25) is 0 Å². The summed E-state index contributed by atoms with van der Waals surface area (Å²) in [5.74, 6) is 1.92. The molecule has 0 radical (unpaired) electrons. The number of fused-ring (bicyclic) bond motifs is 2. The van der Waals surface area contributed by atoms with Crippen molar-refractivity contribution >= 4 is 0 Å². The van der Waals surface area contributed by atoms with Gasteiger partial charge in [0, 0.05) is 24.7 Å². The summed E-state index contributed by atoms with van der Waals surface area (Å²) in [6, 6.07) is 0.886. The van der Waals surface area contributed by atoms with E-state index in [0.29, 0.717) is 5.54 Å². The van der Waals surface area contributed by atoms with Gasteiger partial charge in [-0.15, -0.1) is 0 Å². The first kappa shape index (κ1) is 12.0. The number of nitrogens with two attached hydrogens (primary N) is 1. The smallest absolute Gasteiger partial charge is 0.0334 e. The highest BCUT2D eigenvalue weighted by Gasteiger charge is 2.47. The lowest BCUT2D eigenvalue weighted by atomic mass is 9.86. The van der Waals surface area contributed by atoms with Crippen molar-refractivity contribution in [1.82, 2.24) is 4.90 Å². The highest BCUT2D eigenvalue weighted by Crippen LogP contribution is 2.45. The average molecular weight is 236 g/mol. The molecule has 3 rings (SSSR count). The Balaban J connectivity index is 1.76. The molecule has 3 fully saturated rings. The summed E-state index contributed by atoms with van der Waals surface area (Å²) in [5, 5.41) is 0. The molecule has 0 spiro atoms. The van der Waals surface area contributed by atoms with E-state index in [0.717, 1.165) is 24.4 Å². The lowest BCUT2D eigenvalue weighted by Gasteiger charge is -2.45. The van der Waals surface area contributed by atoms with Gasteiger partial charge in [-0.3, -0.25) is 4.90 Å². The Morgan fingerprint density at radius 3 is 2.71 bits per heavy atom. The predicted molar refractivity (Wildman–Crippen MR) is 71.9 cm³/mol. The van der Waals surface area contributed by atoms with Crippen molar-refractivity contribution in [2.45, 2.75) is 69.9 Å². The van der Waals surface area contributed by atoms with Crippen LogP contribution in [0, 0.1) is 11.8 Å². The minimum Gasteiger partial charge on any atom is -0.329 e. The van der Waals surface area contributed by atoms with Gasteiger partial charge in [0.25, 0.3) is 0 Å². The van der Waals surface area contributed by atoms with Crippen LogP contribution in [0.1, 0.15) is 58.3 Å². The fourth-order valence-corrected chi connectivity index (χ4v) is 4.68. The molecule has 4 atom stereocenters. The molecule has 2 saturated carbocycles. The van der Waals surface area contributed by atoms with E-state index in [-0.39, 0.29) is 0 Å². The number of nitrogens with zero attached hydrogens (tertiary/aromatic N) is 1. The molecule has 1 saturated heterocycles. The maximum absolute atomic E-state index is 6.22. The predicted octanol–water partition coefficient (Wildman–Crippen LogP) is 2.77. The third-order valence-corrected chi connectivity index (χ3v) is 5.84. The Labute approximate surface area is 106 Å². The molecule has 4 unspecified atom stereocenters. The molecule has 2 N–H and O–H groups in total. The zero-order valence-corrected chi connectivity index (χ0v) is 11.3. The van der Waals surface area contributed by atoms with Crippen LogP contribution in [0.4, 0.5) is 0 Å². The molecule has 0 aromatic heterocycles. The quantitative estimate of drug-likeness (QED) is 0.747. The van der Waals surface area contributed by atoms with E-state index in [4.69, 9.17) is 5.73 Å². The van der Waals surface area contributed by atoms with Crippen LogP contribution >= 0.6 is 0 Å². The van der Waals surface area contributed by atoms with Crippen molar-refractivity contribution in [3.8, 4) is 0 Å². The summed E-state index contributed by atoms with van der Waals surface area (Å²) < 4.78 is 0. The minimum atomic E-state index is 0.380. The zero-order valence-electron chi connectivity index (χ0n) is 11.3. The van der Waals surface area contributed by atoms with Crippen molar-refractivity contribution in [2.75, 3.05) is 13.1 Å². The Bertz CT molecular complexity index is 278. The second-order valence-electron chi connectivity index (χ2n) is 6.95. The lowest BCUT2D eigenvalue weighted by Crippen LogP contribution is -2.56. The third kappa shape index (κ3) is 2.04. The van der Waals surface area contributed by atoms with Crippen LogP contribution in [0.15, 0.2) is 0 Å². The summed E-state index contributed by atoms with van der Waals surface area (Å²) in [4.78, 5) is 2.85. The summed E-state index contributed by atoms with van der Waals surface area (Å²) >= 11 is 0. The third-order valence-electron chi connectivity index (χ3n) is 5.84. The van der Waals surface area contributed by atoms with Gasteiger partial charge in [0.15, 0.2) is 0 Å². The Morgan fingerprint density at radius 2 is 2.06 bits per heavy atom. The van der Waals surface area contributed by atoms with Gasteiger partial charge >= 0.3 is 0 Å². The van der Waals surface area contributed by atoms with Gasteiger partial charge in [-0.05, 0) is 50.4 Å². The highest BCUT2D eigenvalue weighted by atomic mass is 15.3. The standard InChI is InChI=1S/C15H28N2/c1-12-3-2-7-15(11-16,8-6-12)17-10-13-4-5-14(17)9-13/h12-14H,2-11,16H2,1H3. The summed E-state index contributed by atoms with van der Waals surface area (Å²) in [6.45, 7) is 4.67. The molecule has 1 heterocycles. The van der Waals surface area contributed by atoms with Crippen LogP contribution in [-0.2, 0) is 0 Å². The first-order valence-corrected chi connectivity index (χ1v) is 7.70. The lowest BCUT2D eigenvalue weighted by molar-refractivity contribution is 0.0467. The van der Waals surface area contributed by atoms with Crippen LogP contribution in [-0.4, -0.2) is 29.6 Å². The van der Waals surface area contributed by atoms with E-state index in [1.807, 2.05) is 0 Å². The van der Waals surface area contributed by atoms with E-state index in [2.05, 4.69) is 11.8 Å². The molecule has 2 nitrogen and oxygen atoms in total. The molecule has 1 aliphatic heterocycles. The first-order chi connectivity index (χ1) is 8.23. The highest BCUT2D eigenvalue weighted by molar-refractivity contribution is 5.03. The van der Waals surface area contributed by atoms with E-state index < -0.39 is 0 Å². The molecule has 2 bridgehead atoms. The van der Waals surface area contributed by atoms with Gasteiger partial charge in [0.1, 0.15) is 0 Å². The van der Waals surface area contributed by atoms with Crippen molar-refractivity contribution in [3.63, 3.8) is 0 Å². The van der Waals surface area contributed by atoms with Crippen LogP contribution in [0.2, 0.25) is 0 Å². The van der Waals surface area contributed by atoms with Crippen LogP contribution < -0.4 is 5.73 Å². The maximum atomic E-state index is 6.22. The topological polar surface area (TPSA) is 29.3 Å². The molecule has 17 heavy (non-hydrogen) atoms. The Kier molecular flexibility index (Phi) is 3.20. The van der Waals surface area contributed by atoms with Crippen molar-refractivity contribution in [2.24, 2.45) is 17.6 Å². The number of piperidine rings is 1. The minimum absolute atomic E-state index is 0.380. The molecule has 0 aromatic carbocycles. The first-order valence-electron chi connectivity index (χ1n) is 7.70. The normalized spacial score (nSPS) is 47.3. The second-order valence-corrected chi connectivity index (χ2v) is 6.95. The van der Waals surface area contributed by atoms with E-state index in [1.54, 1.807) is 0 Å². The van der Waals surface area contributed by atoms with E-state index in [1.165, 1.54) is 57.9 Å². The van der Waals surface area contributed by atoms with E-state index in [9.17, 15) is 0 Å². The van der Waals surface area contributed by atoms with Gasteiger partial charge < -0.3 is 5.73 Å². The molecule has 0 aromatic rings. The SMILES string of the molecule is CC1CCCC(CN)(N2CC3CCC2C3)CC1. The van der Waals surface area contributed by atoms with Crippen LogP contribution in [0.25, 0.3) is 0 Å². The zero-order chi connectivity index (χ0) is 11.9. The Morgan fingerprint density at radius 1 is 1.18 bits per heavy atom. The molecule has 2 aliphatic carbocycles. The second kappa shape index (κ2) is 4.55. The van der Waals surface area contributed by atoms with Crippen molar-refractivity contribution in [1.29, 1.82) is 0 Å². The fraction of sp³-hybridized carbons (Fsp3) is 1.00. The van der Waals surface area contributed by atoms with Crippen LogP contribution in [0.3, 0.4) is 0 Å². The van der Waals surface area contributed by atoms with Gasteiger partial charge in [0.05, 0.1) is 0 Å². The summed E-state index contributed by atoms with van der Waals surface area (Å²) in [5.41, 5.74) is 6.60. The molecule has 2 heteroatoms. The maximum Gasteiger partial charge on any atom is 0.0334 e. The van der Waals surface area contributed by atoms with Gasteiger partial charge in [-0.2, -0.15) is 0 Å². The van der Waals surface area contributed by atoms with Crippen molar-refractivity contribution < 1.29 is 0 Å². The summed E-state index contributed by atoms with van der Waals surface area (Å²) in [7, 11) is 0. The fourth-order valence-electron chi connectivity index (χ4n) is 4.68. The monoisotopic (exact) mass is 236 g/mol. The average Bonchev–Trinajstić information content (AvgIpc) is 2.91. The molecule has 3 aliphatic rings. The van der Waals surface area contributed by atoms with E-state index >= 15 is 0 Å². The number of rotatable bonds is 2. The van der Waals surface area contributed by atoms with Gasteiger partial charge in [-0.1, -0.05) is 19.8 Å². The number of hydrogen-bond acceptors (Lipinski definition) is 2. The molecular formula is C15H28N2. The molecule has 0 amide bonds. The molecule has 98 valence electrons. The van der Waals surface area contributed by atoms with Crippen LogP contribution in [0.5, 0.6) is 0 Å². The van der Waals surface area contributed by atoms with Gasteiger partial charge in [-0.25, -0.2) is 0 Å². The molecular weight excluding hydrogens is 208 g/mol. The largest absolute Gasteiger partial charge is 0.329 e.